The number of fused-ring (bicyclic) bond motifs is 3. The standard InChI is InChI=1S/C28H27N5O/c1-34-25-14-8-6-12-23(25)27-31-30-26-22-11-5-7-13-24(22)29-28(33(26)27)32-17-15-21(16-18-32)19-20-9-3-2-4-10-20/h2-14,21H,15-19H2,1H3. The quantitative estimate of drug-likeness (QED) is 0.359. The van der Waals surface area contributed by atoms with E-state index in [4.69, 9.17) is 9.72 Å². The van der Waals surface area contributed by atoms with E-state index in [1.165, 1.54) is 5.56 Å². The number of hydrogen-bond acceptors (Lipinski definition) is 5. The van der Waals surface area contributed by atoms with E-state index in [1.807, 2.05) is 36.4 Å². The summed E-state index contributed by atoms with van der Waals surface area (Å²) < 4.78 is 7.76. The highest BCUT2D eigenvalue weighted by Gasteiger charge is 2.26. The molecule has 3 heterocycles. The van der Waals surface area contributed by atoms with Gasteiger partial charge in [0.2, 0.25) is 5.95 Å². The van der Waals surface area contributed by atoms with Crippen molar-refractivity contribution in [1.29, 1.82) is 0 Å². The number of hydrogen-bond donors (Lipinski definition) is 0. The van der Waals surface area contributed by atoms with Crippen molar-refractivity contribution in [3.05, 3.63) is 84.4 Å². The van der Waals surface area contributed by atoms with E-state index in [2.05, 4.69) is 62.0 Å². The first kappa shape index (κ1) is 20.7. The van der Waals surface area contributed by atoms with Gasteiger partial charge in [-0.05, 0) is 55.0 Å². The second-order valence-electron chi connectivity index (χ2n) is 8.93. The van der Waals surface area contributed by atoms with Crippen LogP contribution < -0.4 is 9.64 Å². The predicted octanol–water partition coefficient (Wildman–Crippen LogP) is 5.41. The average molecular weight is 450 g/mol. The van der Waals surface area contributed by atoms with Gasteiger partial charge in [0, 0.05) is 18.5 Å². The van der Waals surface area contributed by atoms with Gasteiger partial charge in [0.15, 0.2) is 11.5 Å². The Morgan fingerprint density at radius 3 is 2.41 bits per heavy atom. The molecule has 0 N–H and O–H groups in total. The van der Waals surface area contributed by atoms with Gasteiger partial charge in [0.25, 0.3) is 0 Å². The molecule has 6 nitrogen and oxygen atoms in total. The van der Waals surface area contributed by atoms with E-state index in [1.54, 1.807) is 7.11 Å². The summed E-state index contributed by atoms with van der Waals surface area (Å²) in [5, 5.41) is 10.2. The molecule has 2 aromatic heterocycles. The lowest BCUT2D eigenvalue weighted by molar-refractivity contribution is 0.400. The van der Waals surface area contributed by atoms with Gasteiger partial charge in [-0.2, -0.15) is 0 Å². The van der Waals surface area contributed by atoms with Gasteiger partial charge < -0.3 is 9.64 Å². The number of ether oxygens (including phenoxy) is 1. The van der Waals surface area contributed by atoms with E-state index in [0.29, 0.717) is 5.92 Å². The number of para-hydroxylation sites is 2. The Bertz CT molecular complexity index is 1440. The van der Waals surface area contributed by atoms with Gasteiger partial charge in [0.1, 0.15) is 5.75 Å². The lowest BCUT2D eigenvalue weighted by atomic mass is 9.90. The van der Waals surface area contributed by atoms with Crippen molar-refractivity contribution in [3.63, 3.8) is 0 Å². The topological polar surface area (TPSA) is 55.6 Å². The number of nitrogens with zero attached hydrogens (tertiary/aromatic N) is 5. The minimum absolute atomic E-state index is 0.684. The monoisotopic (exact) mass is 449 g/mol. The van der Waals surface area contributed by atoms with Crippen molar-refractivity contribution in [2.75, 3.05) is 25.1 Å². The van der Waals surface area contributed by atoms with Crippen LogP contribution in [-0.4, -0.2) is 39.8 Å². The number of rotatable bonds is 5. The zero-order valence-electron chi connectivity index (χ0n) is 19.3. The molecule has 0 radical (unpaired) electrons. The zero-order valence-corrected chi connectivity index (χ0v) is 19.3. The normalized spacial score (nSPS) is 14.7. The molecule has 170 valence electrons. The van der Waals surface area contributed by atoms with E-state index < -0.39 is 0 Å². The van der Waals surface area contributed by atoms with Crippen LogP contribution in [0.1, 0.15) is 18.4 Å². The molecule has 6 rings (SSSR count). The van der Waals surface area contributed by atoms with Gasteiger partial charge >= 0.3 is 0 Å². The molecule has 0 atom stereocenters. The molecule has 0 aliphatic carbocycles. The summed E-state index contributed by atoms with van der Waals surface area (Å²) in [6, 6.07) is 26.9. The first-order valence-corrected chi connectivity index (χ1v) is 11.9. The number of aromatic nitrogens is 4. The Morgan fingerprint density at radius 1 is 0.853 bits per heavy atom. The summed E-state index contributed by atoms with van der Waals surface area (Å²) in [4.78, 5) is 7.51. The van der Waals surface area contributed by atoms with Gasteiger partial charge in [-0.15, -0.1) is 10.2 Å². The highest BCUT2D eigenvalue weighted by Crippen LogP contribution is 2.34. The van der Waals surface area contributed by atoms with Crippen LogP contribution in [0.4, 0.5) is 5.95 Å². The third kappa shape index (κ3) is 3.65. The first-order valence-electron chi connectivity index (χ1n) is 11.9. The van der Waals surface area contributed by atoms with Crippen molar-refractivity contribution >= 4 is 22.5 Å². The van der Waals surface area contributed by atoms with Crippen LogP contribution in [0.2, 0.25) is 0 Å². The van der Waals surface area contributed by atoms with Crippen LogP contribution in [0.15, 0.2) is 78.9 Å². The highest BCUT2D eigenvalue weighted by atomic mass is 16.5. The van der Waals surface area contributed by atoms with Gasteiger partial charge in [-0.3, -0.25) is 0 Å². The predicted molar refractivity (Wildman–Crippen MR) is 135 cm³/mol. The van der Waals surface area contributed by atoms with Crippen molar-refractivity contribution in [1.82, 2.24) is 19.6 Å². The summed E-state index contributed by atoms with van der Waals surface area (Å²) in [5.74, 6) is 3.12. The summed E-state index contributed by atoms with van der Waals surface area (Å²) in [6.45, 7) is 1.92. The van der Waals surface area contributed by atoms with Crippen molar-refractivity contribution in [2.45, 2.75) is 19.3 Å². The molecule has 0 bridgehead atoms. The second kappa shape index (κ2) is 8.78. The number of anilines is 1. The van der Waals surface area contributed by atoms with Gasteiger partial charge in [-0.1, -0.05) is 54.6 Å². The van der Waals surface area contributed by atoms with Gasteiger partial charge in [0.05, 0.1) is 18.2 Å². The maximum absolute atomic E-state index is 5.65. The van der Waals surface area contributed by atoms with Crippen LogP contribution in [0.5, 0.6) is 5.75 Å². The lowest BCUT2D eigenvalue weighted by Gasteiger charge is -2.33. The average Bonchev–Trinajstić information content (AvgIpc) is 3.35. The fraction of sp³-hybridized carbons (Fsp3) is 0.250. The molecule has 0 spiro atoms. The van der Waals surface area contributed by atoms with E-state index in [0.717, 1.165) is 72.0 Å². The Morgan fingerprint density at radius 2 is 1.59 bits per heavy atom. The third-order valence-electron chi connectivity index (χ3n) is 6.84. The van der Waals surface area contributed by atoms with E-state index in [9.17, 15) is 0 Å². The Labute approximate surface area is 198 Å². The summed E-state index contributed by atoms with van der Waals surface area (Å²) >= 11 is 0. The van der Waals surface area contributed by atoms with E-state index in [-0.39, 0.29) is 0 Å². The maximum Gasteiger partial charge on any atom is 0.213 e. The van der Waals surface area contributed by atoms with Crippen LogP contribution in [-0.2, 0) is 6.42 Å². The maximum atomic E-state index is 5.65. The molecular formula is C28H27N5O. The smallest absolute Gasteiger partial charge is 0.213 e. The number of piperidine rings is 1. The summed E-state index contributed by atoms with van der Waals surface area (Å²) in [7, 11) is 1.69. The van der Waals surface area contributed by atoms with Crippen molar-refractivity contribution in [2.24, 2.45) is 5.92 Å². The highest BCUT2D eigenvalue weighted by molar-refractivity contribution is 5.93. The molecule has 3 aromatic carbocycles. The number of benzene rings is 3. The van der Waals surface area contributed by atoms with Crippen LogP contribution >= 0.6 is 0 Å². The Kier molecular flexibility index (Phi) is 5.34. The minimum Gasteiger partial charge on any atom is -0.496 e. The zero-order chi connectivity index (χ0) is 22.9. The number of methoxy groups -OCH3 is 1. The molecule has 0 amide bonds. The first-order chi connectivity index (χ1) is 16.8. The third-order valence-corrected chi connectivity index (χ3v) is 6.84. The molecular weight excluding hydrogens is 422 g/mol. The molecule has 0 saturated carbocycles. The van der Waals surface area contributed by atoms with E-state index >= 15 is 0 Å². The van der Waals surface area contributed by atoms with Crippen molar-refractivity contribution < 1.29 is 4.74 Å². The Balaban J connectivity index is 1.41. The molecule has 0 unspecified atom stereocenters. The fourth-order valence-corrected chi connectivity index (χ4v) is 5.07. The second-order valence-corrected chi connectivity index (χ2v) is 8.93. The van der Waals surface area contributed by atoms with Gasteiger partial charge in [-0.25, -0.2) is 9.38 Å². The summed E-state index contributed by atoms with van der Waals surface area (Å²) in [6.07, 6.45) is 3.41. The lowest BCUT2D eigenvalue weighted by Crippen LogP contribution is -2.36. The fourth-order valence-electron chi connectivity index (χ4n) is 5.07. The van der Waals surface area contributed by atoms with Crippen molar-refractivity contribution in [3.8, 4) is 17.1 Å². The van der Waals surface area contributed by atoms with Crippen LogP contribution in [0, 0.1) is 5.92 Å². The molecule has 1 saturated heterocycles. The molecule has 6 heteroatoms. The molecule has 1 aliphatic heterocycles. The molecule has 1 fully saturated rings. The van der Waals surface area contributed by atoms with Crippen LogP contribution in [0.3, 0.4) is 0 Å². The molecule has 34 heavy (non-hydrogen) atoms. The molecule has 1 aliphatic rings. The Hall–Kier alpha value is -3.93. The molecule has 5 aromatic rings. The van der Waals surface area contributed by atoms with Crippen LogP contribution in [0.25, 0.3) is 27.9 Å². The summed E-state index contributed by atoms with van der Waals surface area (Å²) in [5.41, 5.74) is 4.10. The minimum atomic E-state index is 0.684. The SMILES string of the molecule is COc1ccccc1-c1nnc2c3ccccc3nc(N3CCC(Cc4ccccc4)CC3)n12. The largest absolute Gasteiger partial charge is 0.496 e.